The van der Waals surface area contributed by atoms with E-state index < -0.39 is 24.3 Å². The molecule has 0 radical (unpaired) electrons. The van der Waals surface area contributed by atoms with Gasteiger partial charge in [-0.1, -0.05) is 6.07 Å². The first kappa shape index (κ1) is 24.8. The Hall–Kier alpha value is -3.79. The lowest BCUT2D eigenvalue weighted by molar-refractivity contribution is -0.137. The standard InChI is InChI=1S/C24H24F3N3O4/c1-30(2)20(21-7-4-12-33-21)14-28-23(32)16-8-10-19(11-9-16)34-15-22(31)29-18-6-3-5-17(13-18)24(25,26)27/h3-13,20H,14-15H2,1-2H3,(H,28,32)(H,29,31). The molecule has 0 saturated carbocycles. The van der Waals surface area contributed by atoms with Crippen molar-refractivity contribution in [1.29, 1.82) is 0 Å². The van der Waals surface area contributed by atoms with Gasteiger partial charge in [0.2, 0.25) is 0 Å². The quantitative estimate of drug-likeness (QED) is 0.481. The van der Waals surface area contributed by atoms with Crippen LogP contribution in [-0.2, 0) is 11.0 Å². The molecule has 2 amide bonds. The third kappa shape index (κ3) is 6.85. The van der Waals surface area contributed by atoms with E-state index >= 15 is 0 Å². The second-order valence-electron chi connectivity index (χ2n) is 7.64. The summed E-state index contributed by atoms with van der Waals surface area (Å²) in [7, 11) is 3.77. The molecule has 1 atom stereocenters. The lowest BCUT2D eigenvalue weighted by Gasteiger charge is -2.22. The Morgan fingerprint density at radius 1 is 1.06 bits per heavy atom. The number of carbonyl (C=O) groups is 2. The number of furan rings is 1. The number of anilines is 1. The third-order valence-electron chi connectivity index (χ3n) is 4.91. The van der Waals surface area contributed by atoms with Crippen LogP contribution in [0.4, 0.5) is 18.9 Å². The Kier molecular flexibility index (Phi) is 7.95. The SMILES string of the molecule is CN(C)C(CNC(=O)c1ccc(OCC(=O)Nc2cccc(C(F)(F)F)c2)cc1)c1ccco1. The second kappa shape index (κ2) is 10.9. The molecule has 10 heteroatoms. The second-order valence-corrected chi connectivity index (χ2v) is 7.64. The number of ether oxygens (including phenoxy) is 1. The van der Waals surface area contributed by atoms with Crippen LogP contribution in [0.3, 0.4) is 0 Å². The van der Waals surface area contributed by atoms with Crippen molar-refractivity contribution in [2.24, 2.45) is 0 Å². The van der Waals surface area contributed by atoms with Crippen LogP contribution in [0.2, 0.25) is 0 Å². The summed E-state index contributed by atoms with van der Waals surface area (Å²) in [5, 5.41) is 5.22. The van der Waals surface area contributed by atoms with Gasteiger partial charge in [-0.05, 0) is 68.7 Å². The highest BCUT2D eigenvalue weighted by Crippen LogP contribution is 2.30. The van der Waals surface area contributed by atoms with Gasteiger partial charge < -0.3 is 19.8 Å². The maximum Gasteiger partial charge on any atom is 0.416 e. The molecule has 2 aromatic carbocycles. The van der Waals surface area contributed by atoms with Gasteiger partial charge in [0.05, 0.1) is 17.9 Å². The van der Waals surface area contributed by atoms with Crippen LogP contribution >= 0.6 is 0 Å². The number of amides is 2. The molecular formula is C24H24F3N3O4. The molecule has 0 aliphatic heterocycles. The first-order valence-electron chi connectivity index (χ1n) is 10.3. The summed E-state index contributed by atoms with van der Waals surface area (Å²) in [4.78, 5) is 26.4. The third-order valence-corrected chi connectivity index (χ3v) is 4.91. The summed E-state index contributed by atoms with van der Waals surface area (Å²) >= 11 is 0. The van der Waals surface area contributed by atoms with Crippen LogP contribution < -0.4 is 15.4 Å². The number of nitrogens with zero attached hydrogens (tertiary/aromatic N) is 1. The zero-order chi connectivity index (χ0) is 24.7. The van der Waals surface area contributed by atoms with Crippen molar-refractivity contribution < 1.29 is 31.9 Å². The van der Waals surface area contributed by atoms with E-state index in [0.717, 1.165) is 17.9 Å². The molecule has 1 unspecified atom stereocenters. The summed E-state index contributed by atoms with van der Waals surface area (Å²) < 4.78 is 49.1. The van der Waals surface area contributed by atoms with Crippen molar-refractivity contribution in [2.75, 3.05) is 32.6 Å². The highest BCUT2D eigenvalue weighted by atomic mass is 19.4. The molecule has 180 valence electrons. The van der Waals surface area contributed by atoms with Crippen molar-refractivity contribution in [3.05, 3.63) is 83.8 Å². The fourth-order valence-corrected chi connectivity index (χ4v) is 3.13. The van der Waals surface area contributed by atoms with Gasteiger partial charge in [0.25, 0.3) is 11.8 Å². The molecule has 1 aromatic heterocycles. The van der Waals surface area contributed by atoms with Crippen molar-refractivity contribution in [2.45, 2.75) is 12.2 Å². The number of hydrogen-bond donors (Lipinski definition) is 2. The summed E-state index contributed by atoms with van der Waals surface area (Å²) in [6, 6.07) is 14.0. The highest BCUT2D eigenvalue weighted by molar-refractivity contribution is 5.94. The molecule has 3 aromatic rings. The van der Waals surface area contributed by atoms with Gasteiger partial charge in [-0.2, -0.15) is 13.2 Å². The first-order valence-corrected chi connectivity index (χ1v) is 10.3. The first-order chi connectivity index (χ1) is 16.1. The average Bonchev–Trinajstić information content (AvgIpc) is 3.32. The molecule has 0 spiro atoms. The fraction of sp³-hybridized carbons (Fsp3) is 0.250. The molecule has 0 saturated heterocycles. The van der Waals surface area contributed by atoms with Crippen LogP contribution in [0, 0.1) is 0 Å². The summed E-state index contributed by atoms with van der Waals surface area (Å²) in [6.45, 7) is -0.0667. The van der Waals surface area contributed by atoms with Crippen LogP contribution in [-0.4, -0.2) is 44.0 Å². The number of halogens is 3. The van der Waals surface area contributed by atoms with E-state index in [4.69, 9.17) is 9.15 Å². The van der Waals surface area contributed by atoms with E-state index in [9.17, 15) is 22.8 Å². The molecule has 0 aliphatic rings. The van der Waals surface area contributed by atoms with Crippen molar-refractivity contribution in [3.8, 4) is 5.75 Å². The monoisotopic (exact) mass is 475 g/mol. The van der Waals surface area contributed by atoms with Crippen LogP contribution in [0.25, 0.3) is 0 Å². The molecule has 0 bridgehead atoms. The van der Waals surface area contributed by atoms with E-state index in [2.05, 4.69) is 10.6 Å². The van der Waals surface area contributed by atoms with Crippen LogP contribution in [0.1, 0.15) is 27.7 Å². The van der Waals surface area contributed by atoms with E-state index in [1.807, 2.05) is 25.1 Å². The van der Waals surface area contributed by atoms with Gasteiger partial charge in [-0.25, -0.2) is 0 Å². The number of benzene rings is 2. The molecule has 1 heterocycles. The zero-order valence-corrected chi connectivity index (χ0v) is 18.6. The largest absolute Gasteiger partial charge is 0.484 e. The maximum atomic E-state index is 12.8. The molecule has 7 nitrogen and oxygen atoms in total. The van der Waals surface area contributed by atoms with Gasteiger partial charge in [0, 0.05) is 17.8 Å². The Bertz CT molecular complexity index is 1100. The number of nitrogens with one attached hydrogen (secondary N) is 2. The predicted octanol–water partition coefficient (Wildman–Crippen LogP) is 4.35. The highest BCUT2D eigenvalue weighted by Gasteiger charge is 2.30. The Morgan fingerprint density at radius 3 is 2.41 bits per heavy atom. The molecule has 34 heavy (non-hydrogen) atoms. The van der Waals surface area contributed by atoms with E-state index in [1.54, 1.807) is 24.5 Å². The molecule has 3 rings (SSSR count). The summed E-state index contributed by atoms with van der Waals surface area (Å²) in [6.07, 6.45) is -2.93. The minimum absolute atomic E-state index is 0.0148. The van der Waals surface area contributed by atoms with Gasteiger partial charge in [-0.15, -0.1) is 0 Å². The smallest absolute Gasteiger partial charge is 0.416 e. The number of rotatable bonds is 9. The van der Waals surface area contributed by atoms with E-state index in [0.29, 0.717) is 17.9 Å². The van der Waals surface area contributed by atoms with Crippen molar-refractivity contribution in [1.82, 2.24) is 10.2 Å². The van der Waals surface area contributed by atoms with Crippen molar-refractivity contribution in [3.63, 3.8) is 0 Å². The van der Waals surface area contributed by atoms with Gasteiger partial charge >= 0.3 is 6.18 Å². The van der Waals surface area contributed by atoms with E-state index in [-0.39, 0.29) is 17.6 Å². The minimum atomic E-state index is -4.50. The lowest BCUT2D eigenvalue weighted by atomic mass is 10.1. The Morgan fingerprint density at radius 2 is 1.79 bits per heavy atom. The van der Waals surface area contributed by atoms with Gasteiger partial charge in [-0.3, -0.25) is 14.5 Å². The lowest BCUT2D eigenvalue weighted by Crippen LogP contribution is -2.34. The number of hydrogen-bond acceptors (Lipinski definition) is 5. The number of carbonyl (C=O) groups excluding carboxylic acids is 2. The number of alkyl halides is 3. The van der Waals surface area contributed by atoms with E-state index in [1.165, 1.54) is 24.3 Å². The molecule has 2 N–H and O–H groups in total. The Balaban J connectivity index is 1.49. The molecule has 0 fully saturated rings. The fourth-order valence-electron chi connectivity index (χ4n) is 3.13. The Labute approximate surface area is 194 Å². The molecular weight excluding hydrogens is 451 g/mol. The van der Waals surface area contributed by atoms with Gasteiger partial charge in [0.1, 0.15) is 11.5 Å². The molecule has 0 aliphatic carbocycles. The van der Waals surface area contributed by atoms with Crippen molar-refractivity contribution >= 4 is 17.5 Å². The average molecular weight is 475 g/mol. The van der Waals surface area contributed by atoms with Crippen LogP contribution in [0.5, 0.6) is 5.75 Å². The predicted molar refractivity (Wildman–Crippen MR) is 119 cm³/mol. The minimum Gasteiger partial charge on any atom is -0.484 e. The summed E-state index contributed by atoms with van der Waals surface area (Å²) in [5.41, 5.74) is -0.445. The topological polar surface area (TPSA) is 83.8 Å². The van der Waals surface area contributed by atoms with Crippen LogP contribution in [0.15, 0.2) is 71.3 Å². The summed E-state index contributed by atoms with van der Waals surface area (Å²) in [5.74, 6) is 0.163. The maximum absolute atomic E-state index is 12.8. The number of likely N-dealkylation sites (N-methyl/N-ethyl adjacent to an activating group) is 1. The van der Waals surface area contributed by atoms with Gasteiger partial charge in [0.15, 0.2) is 6.61 Å². The zero-order valence-electron chi connectivity index (χ0n) is 18.6. The normalized spacial score (nSPS) is 12.3.